The maximum Gasteiger partial charge on any atom is 0.322 e. The van der Waals surface area contributed by atoms with Gasteiger partial charge in [-0.1, -0.05) is 23.7 Å². The zero-order valence-electron chi connectivity index (χ0n) is 12.6. The molecule has 1 aromatic rings. The van der Waals surface area contributed by atoms with Crippen LogP contribution in [0.4, 0.5) is 10.5 Å². The number of amides is 3. The van der Waals surface area contributed by atoms with Crippen LogP contribution in [0.5, 0.6) is 0 Å². The van der Waals surface area contributed by atoms with Gasteiger partial charge >= 0.3 is 6.03 Å². The number of carbonyl (C=O) groups is 2. The molecule has 0 bridgehead atoms. The fourth-order valence-corrected chi connectivity index (χ4v) is 3.05. The molecule has 2 N–H and O–H groups in total. The molecule has 1 aliphatic carbocycles. The maximum atomic E-state index is 12.5. The molecule has 0 radical (unpaired) electrons. The second-order valence-electron chi connectivity index (χ2n) is 6.00. The first-order valence-electron chi connectivity index (χ1n) is 7.69. The van der Waals surface area contributed by atoms with Gasteiger partial charge in [0.25, 0.3) is 0 Å². The predicted molar refractivity (Wildman–Crippen MR) is 86.1 cm³/mol. The third-order valence-corrected chi connectivity index (χ3v) is 4.51. The van der Waals surface area contributed by atoms with E-state index in [-0.39, 0.29) is 18.0 Å². The highest BCUT2D eigenvalue weighted by Crippen LogP contribution is 2.27. The zero-order chi connectivity index (χ0) is 15.7. The van der Waals surface area contributed by atoms with Crippen LogP contribution in [-0.2, 0) is 4.79 Å². The van der Waals surface area contributed by atoms with Crippen molar-refractivity contribution in [3.8, 4) is 0 Å². The molecular formula is C16H20ClN3O2. The first-order chi connectivity index (χ1) is 10.6. The van der Waals surface area contributed by atoms with Gasteiger partial charge in [0.15, 0.2) is 0 Å². The van der Waals surface area contributed by atoms with Gasteiger partial charge in [-0.2, -0.15) is 0 Å². The van der Waals surface area contributed by atoms with Gasteiger partial charge in [0.05, 0.1) is 10.7 Å². The van der Waals surface area contributed by atoms with Crippen LogP contribution in [0.3, 0.4) is 0 Å². The van der Waals surface area contributed by atoms with E-state index >= 15 is 0 Å². The van der Waals surface area contributed by atoms with Crippen molar-refractivity contribution >= 4 is 29.2 Å². The predicted octanol–water partition coefficient (Wildman–Crippen LogP) is 2.92. The average Bonchev–Trinajstić information content (AvgIpc) is 3.15. The van der Waals surface area contributed by atoms with E-state index < -0.39 is 0 Å². The van der Waals surface area contributed by atoms with E-state index in [0.29, 0.717) is 29.7 Å². The van der Waals surface area contributed by atoms with Gasteiger partial charge in [-0.15, -0.1) is 0 Å². The molecule has 0 spiro atoms. The molecule has 118 valence electrons. The Balaban J connectivity index is 1.69. The molecule has 1 saturated heterocycles. The molecule has 2 aliphatic rings. The second-order valence-corrected chi connectivity index (χ2v) is 6.40. The van der Waals surface area contributed by atoms with Crippen LogP contribution in [-0.4, -0.2) is 35.5 Å². The van der Waals surface area contributed by atoms with E-state index in [2.05, 4.69) is 10.6 Å². The molecule has 0 aromatic heterocycles. The Morgan fingerprint density at radius 2 is 2.05 bits per heavy atom. The molecular weight excluding hydrogens is 302 g/mol. The van der Waals surface area contributed by atoms with Gasteiger partial charge in [-0.05, 0) is 44.2 Å². The van der Waals surface area contributed by atoms with Gasteiger partial charge in [0.1, 0.15) is 6.04 Å². The summed E-state index contributed by atoms with van der Waals surface area (Å²) in [5.41, 5.74) is 1.52. The number of aryl methyl sites for hydroxylation is 1. The average molecular weight is 322 g/mol. The largest absolute Gasteiger partial charge is 0.352 e. The standard InChI is InChI=1S/C16H20ClN3O2/c1-10-4-2-5-12(17)14(10)19-16(22)20-9-3-6-13(20)15(21)18-11-7-8-11/h2,4-5,11,13H,3,6-9H2,1H3,(H,18,21)(H,19,22)/t13-/m1/s1. The third-order valence-electron chi connectivity index (χ3n) is 4.19. The lowest BCUT2D eigenvalue weighted by Gasteiger charge is -2.25. The quantitative estimate of drug-likeness (QED) is 0.899. The minimum absolute atomic E-state index is 0.0361. The van der Waals surface area contributed by atoms with Crippen LogP contribution in [0.1, 0.15) is 31.2 Å². The van der Waals surface area contributed by atoms with Crippen molar-refractivity contribution in [2.45, 2.75) is 44.7 Å². The fraction of sp³-hybridized carbons (Fsp3) is 0.500. The van der Waals surface area contributed by atoms with Crippen molar-refractivity contribution in [3.63, 3.8) is 0 Å². The molecule has 1 atom stereocenters. The number of nitrogens with one attached hydrogen (secondary N) is 2. The Labute approximate surface area is 135 Å². The Morgan fingerprint density at radius 3 is 2.73 bits per heavy atom. The van der Waals surface area contributed by atoms with E-state index in [9.17, 15) is 9.59 Å². The number of rotatable bonds is 3. The van der Waals surface area contributed by atoms with Gasteiger partial charge < -0.3 is 15.5 Å². The molecule has 1 aliphatic heterocycles. The number of carbonyl (C=O) groups excluding carboxylic acids is 2. The highest BCUT2D eigenvalue weighted by atomic mass is 35.5. The van der Waals surface area contributed by atoms with E-state index in [1.807, 2.05) is 19.1 Å². The molecule has 0 unspecified atom stereocenters. The lowest BCUT2D eigenvalue weighted by molar-refractivity contribution is -0.124. The Hall–Kier alpha value is -1.75. The van der Waals surface area contributed by atoms with Gasteiger partial charge in [0, 0.05) is 12.6 Å². The van der Waals surface area contributed by atoms with Crippen LogP contribution < -0.4 is 10.6 Å². The number of anilines is 1. The minimum atomic E-state index is -0.372. The van der Waals surface area contributed by atoms with Crippen molar-refractivity contribution in [1.82, 2.24) is 10.2 Å². The molecule has 6 heteroatoms. The lowest BCUT2D eigenvalue weighted by atomic mass is 10.2. The van der Waals surface area contributed by atoms with Crippen molar-refractivity contribution in [2.75, 3.05) is 11.9 Å². The summed E-state index contributed by atoms with van der Waals surface area (Å²) in [7, 11) is 0. The highest BCUT2D eigenvalue weighted by molar-refractivity contribution is 6.33. The topological polar surface area (TPSA) is 61.4 Å². The normalized spacial score (nSPS) is 20.8. The summed E-state index contributed by atoms with van der Waals surface area (Å²) in [5.74, 6) is -0.0361. The van der Waals surface area contributed by atoms with E-state index in [1.54, 1.807) is 11.0 Å². The van der Waals surface area contributed by atoms with Crippen molar-refractivity contribution in [1.29, 1.82) is 0 Å². The summed E-state index contributed by atoms with van der Waals surface area (Å²) in [6.45, 7) is 2.49. The van der Waals surface area contributed by atoms with Crippen LogP contribution >= 0.6 is 11.6 Å². The number of nitrogens with zero attached hydrogens (tertiary/aromatic N) is 1. The Bertz CT molecular complexity index is 581. The number of halogens is 1. The zero-order valence-corrected chi connectivity index (χ0v) is 13.3. The van der Waals surface area contributed by atoms with Gasteiger partial charge in [-0.25, -0.2) is 4.79 Å². The van der Waals surface area contributed by atoms with E-state index in [0.717, 1.165) is 24.8 Å². The van der Waals surface area contributed by atoms with Crippen LogP contribution in [0.2, 0.25) is 5.02 Å². The van der Waals surface area contributed by atoms with Crippen molar-refractivity contribution in [2.24, 2.45) is 0 Å². The first-order valence-corrected chi connectivity index (χ1v) is 8.07. The fourth-order valence-electron chi connectivity index (χ4n) is 2.78. The number of urea groups is 1. The third kappa shape index (κ3) is 3.19. The van der Waals surface area contributed by atoms with Crippen LogP contribution in [0, 0.1) is 6.92 Å². The molecule has 3 rings (SSSR count). The smallest absolute Gasteiger partial charge is 0.322 e. The minimum Gasteiger partial charge on any atom is -0.352 e. The SMILES string of the molecule is Cc1cccc(Cl)c1NC(=O)N1CCC[C@@H]1C(=O)NC1CC1. The summed E-state index contributed by atoms with van der Waals surface area (Å²) < 4.78 is 0. The number of para-hydroxylation sites is 1. The number of hydrogen-bond acceptors (Lipinski definition) is 2. The van der Waals surface area contributed by atoms with Crippen LogP contribution in [0.25, 0.3) is 0 Å². The maximum absolute atomic E-state index is 12.5. The molecule has 1 heterocycles. The summed E-state index contributed by atoms with van der Waals surface area (Å²) in [4.78, 5) is 26.4. The molecule has 3 amide bonds. The van der Waals surface area contributed by atoms with E-state index in [4.69, 9.17) is 11.6 Å². The van der Waals surface area contributed by atoms with Gasteiger partial charge in [0.2, 0.25) is 5.91 Å². The molecule has 2 fully saturated rings. The molecule has 1 aromatic carbocycles. The van der Waals surface area contributed by atoms with Gasteiger partial charge in [-0.3, -0.25) is 4.79 Å². The molecule has 1 saturated carbocycles. The summed E-state index contributed by atoms with van der Waals surface area (Å²) in [6, 6.07) is 5.15. The summed E-state index contributed by atoms with van der Waals surface area (Å²) in [6.07, 6.45) is 3.65. The number of hydrogen-bond donors (Lipinski definition) is 2. The molecule has 22 heavy (non-hydrogen) atoms. The van der Waals surface area contributed by atoms with Crippen LogP contribution in [0.15, 0.2) is 18.2 Å². The Morgan fingerprint density at radius 1 is 1.27 bits per heavy atom. The number of benzene rings is 1. The monoisotopic (exact) mass is 321 g/mol. The summed E-state index contributed by atoms with van der Waals surface area (Å²) in [5, 5.41) is 6.34. The first kappa shape index (κ1) is 15.2. The highest BCUT2D eigenvalue weighted by Gasteiger charge is 2.36. The Kier molecular flexibility index (Phi) is 4.25. The summed E-state index contributed by atoms with van der Waals surface area (Å²) >= 11 is 6.14. The van der Waals surface area contributed by atoms with Crippen molar-refractivity contribution < 1.29 is 9.59 Å². The van der Waals surface area contributed by atoms with Crippen molar-refractivity contribution in [3.05, 3.63) is 28.8 Å². The second kappa shape index (κ2) is 6.16. The van der Waals surface area contributed by atoms with E-state index in [1.165, 1.54) is 0 Å². The lowest BCUT2D eigenvalue weighted by Crippen LogP contribution is -2.48. The number of likely N-dealkylation sites (tertiary alicyclic amines) is 1. The molecule has 5 nitrogen and oxygen atoms in total.